The quantitative estimate of drug-likeness (QED) is 0.0146. The van der Waals surface area contributed by atoms with E-state index in [2.05, 4.69) is 50.3 Å². The number of esters is 2. The van der Waals surface area contributed by atoms with Gasteiger partial charge in [0.2, 0.25) is 0 Å². The first-order chi connectivity index (χ1) is 31.9. The zero-order valence-electron chi connectivity index (χ0n) is 41.0. The Morgan fingerprint density at radius 2 is 0.833 bits per heavy atom. The number of unbranched alkanes of at least 4 members (excludes halogenated alkanes) is 23. The largest absolute Gasteiger partial charge is 0.472 e. The summed E-state index contributed by atoms with van der Waals surface area (Å²) < 4.78 is 33.6. The monoisotopic (exact) mass is 957 g/mol. The molecule has 1 saturated carbocycles. The second kappa shape index (κ2) is 41.8. The van der Waals surface area contributed by atoms with E-state index in [9.17, 15) is 44.6 Å². The molecule has 0 aliphatic heterocycles. The molecule has 14 heteroatoms. The van der Waals surface area contributed by atoms with Crippen molar-refractivity contribution in [3.05, 3.63) is 48.6 Å². The smallest absolute Gasteiger partial charge is 0.462 e. The average molecular weight is 957 g/mol. The second-order valence-corrected chi connectivity index (χ2v) is 19.4. The van der Waals surface area contributed by atoms with E-state index >= 15 is 0 Å². The molecule has 0 aromatic heterocycles. The summed E-state index contributed by atoms with van der Waals surface area (Å²) in [5, 5.41) is 50.2. The van der Waals surface area contributed by atoms with Crippen molar-refractivity contribution in [2.75, 3.05) is 13.2 Å². The lowest BCUT2D eigenvalue weighted by atomic mass is 9.85. The van der Waals surface area contributed by atoms with Crippen LogP contribution in [0.15, 0.2) is 48.6 Å². The Hall–Kier alpha value is -2.19. The van der Waals surface area contributed by atoms with Crippen molar-refractivity contribution in [1.29, 1.82) is 0 Å². The fourth-order valence-electron chi connectivity index (χ4n) is 7.75. The number of rotatable bonds is 43. The molecule has 0 heterocycles. The van der Waals surface area contributed by atoms with Gasteiger partial charge in [0.25, 0.3) is 0 Å². The van der Waals surface area contributed by atoms with Crippen LogP contribution in [-0.2, 0) is 32.7 Å². The Kier molecular flexibility index (Phi) is 39.1. The highest BCUT2D eigenvalue weighted by Crippen LogP contribution is 2.47. The summed E-state index contributed by atoms with van der Waals surface area (Å²) in [7, 11) is -5.14. The van der Waals surface area contributed by atoms with Crippen LogP contribution in [0.4, 0.5) is 0 Å². The van der Waals surface area contributed by atoms with Crippen molar-refractivity contribution in [3.8, 4) is 0 Å². The van der Waals surface area contributed by atoms with Crippen LogP contribution in [0.25, 0.3) is 0 Å². The van der Waals surface area contributed by atoms with E-state index in [1.54, 1.807) is 0 Å². The lowest BCUT2D eigenvalue weighted by Crippen LogP contribution is -2.64. The van der Waals surface area contributed by atoms with Crippen molar-refractivity contribution in [1.82, 2.24) is 0 Å². The molecule has 384 valence electrons. The van der Waals surface area contributed by atoms with E-state index in [4.69, 9.17) is 18.5 Å². The van der Waals surface area contributed by atoms with E-state index in [1.807, 2.05) is 12.2 Å². The van der Waals surface area contributed by atoms with Crippen LogP contribution < -0.4 is 0 Å². The van der Waals surface area contributed by atoms with Gasteiger partial charge in [0.05, 0.1) is 6.61 Å². The zero-order chi connectivity index (χ0) is 48.5. The highest BCUT2D eigenvalue weighted by Gasteiger charge is 2.51. The molecule has 0 radical (unpaired) electrons. The maximum absolute atomic E-state index is 12.8. The second-order valence-electron chi connectivity index (χ2n) is 18.0. The Morgan fingerprint density at radius 3 is 1.29 bits per heavy atom. The highest BCUT2D eigenvalue weighted by atomic mass is 31.2. The topological polar surface area (TPSA) is 210 Å². The van der Waals surface area contributed by atoms with Gasteiger partial charge in [-0.05, 0) is 51.4 Å². The third kappa shape index (κ3) is 33.3. The Morgan fingerprint density at radius 1 is 0.470 bits per heavy atom. The molecule has 1 rings (SSSR count). The van der Waals surface area contributed by atoms with Crippen molar-refractivity contribution < 1.29 is 63.1 Å². The minimum Gasteiger partial charge on any atom is -0.462 e. The first-order valence-electron chi connectivity index (χ1n) is 25.9. The van der Waals surface area contributed by atoms with Crippen LogP contribution >= 0.6 is 7.82 Å². The number of allylic oxidation sites excluding steroid dienone is 8. The SMILES string of the molecule is CCCCC/C=C/C/C=C/C/C=C/C/C=C/CCCC(=O)O[C@@H](COC(=O)CCCCCCCCCCCCCCCCCCCCCC)COP(=O)(O)OC1C(O)C(O)C(O)[C@H](O)C1O. The molecule has 0 amide bonds. The minimum absolute atomic E-state index is 0.0215. The molecule has 66 heavy (non-hydrogen) atoms. The molecular weight excluding hydrogens is 864 g/mol. The number of aliphatic hydroxyl groups is 5. The minimum atomic E-state index is -5.14. The standard InChI is InChI=1S/C52H93O13P/c1-3-5-7-9-11-13-15-17-19-21-22-23-25-26-28-30-32-34-36-38-40-45(53)62-42-44(43-63-66(60,61)65-52-50(58)48(56)47(55)49(57)51(52)59)64-46(54)41-39-37-35-33-31-29-27-24-20-18-16-14-12-10-8-6-4-2/h12,14,18,20,27,29,33,35,44,47-52,55-59H,3-11,13,15-17,19,21-26,28,30-32,34,36-43H2,1-2H3,(H,60,61)/b14-12+,20-18+,29-27+,35-33+/t44-,47?,48-,49?,50?,51?,52?/m0/s1. The van der Waals surface area contributed by atoms with E-state index in [0.29, 0.717) is 19.3 Å². The van der Waals surface area contributed by atoms with Gasteiger partial charge in [0.1, 0.15) is 43.2 Å². The summed E-state index contributed by atoms with van der Waals surface area (Å²) >= 11 is 0. The number of phosphoric acid groups is 1. The van der Waals surface area contributed by atoms with E-state index in [1.165, 1.54) is 122 Å². The summed E-state index contributed by atoms with van der Waals surface area (Å²) in [6, 6.07) is 0. The number of carbonyl (C=O) groups is 2. The maximum Gasteiger partial charge on any atom is 0.472 e. The van der Waals surface area contributed by atoms with Crippen LogP contribution in [0.3, 0.4) is 0 Å². The number of phosphoric ester groups is 1. The van der Waals surface area contributed by atoms with Crippen molar-refractivity contribution in [2.24, 2.45) is 0 Å². The fourth-order valence-corrected chi connectivity index (χ4v) is 8.72. The summed E-state index contributed by atoms with van der Waals surface area (Å²) in [6.45, 7) is 3.26. The molecule has 1 fully saturated rings. The molecule has 0 spiro atoms. The molecule has 6 unspecified atom stereocenters. The van der Waals surface area contributed by atoms with Crippen LogP contribution in [0, 0.1) is 0 Å². The molecule has 6 N–H and O–H groups in total. The van der Waals surface area contributed by atoms with E-state index in [0.717, 1.165) is 44.9 Å². The Bertz CT molecular complexity index is 1340. The zero-order valence-corrected chi connectivity index (χ0v) is 41.9. The number of hydrogen-bond donors (Lipinski definition) is 6. The third-order valence-corrected chi connectivity index (χ3v) is 12.9. The first kappa shape index (κ1) is 61.8. The predicted octanol–water partition coefficient (Wildman–Crippen LogP) is 11.1. The summed E-state index contributed by atoms with van der Waals surface area (Å²) in [4.78, 5) is 35.8. The van der Waals surface area contributed by atoms with E-state index < -0.39 is 75.7 Å². The molecule has 0 bridgehead atoms. The summed E-state index contributed by atoms with van der Waals surface area (Å²) in [6.07, 6.45) is 37.4. The van der Waals surface area contributed by atoms with E-state index in [-0.39, 0.29) is 12.8 Å². The fraction of sp³-hybridized carbons (Fsp3) is 0.808. The molecule has 0 aromatic carbocycles. The van der Waals surface area contributed by atoms with Crippen molar-refractivity contribution in [3.63, 3.8) is 0 Å². The Balaban J connectivity index is 2.42. The molecule has 1 aliphatic rings. The lowest BCUT2D eigenvalue weighted by molar-refractivity contribution is -0.220. The van der Waals surface area contributed by atoms with Gasteiger partial charge in [-0.1, -0.05) is 197 Å². The van der Waals surface area contributed by atoms with Gasteiger partial charge in [-0.15, -0.1) is 0 Å². The van der Waals surface area contributed by atoms with Crippen LogP contribution in [0.2, 0.25) is 0 Å². The predicted molar refractivity (Wildman–Crippen MR) is 263 cm³/mol. The van der Waals surface area contributed by atoms with Gasteiger partial charge in [-0.2, -0.15) is 0 Å². The summed E-state index contributed by atoms with van der Waals surface area (Å²) in [5.74, 6) is -1.16. The third-order valence-electron chi connectivity index (χ3n) is 11.9. The normalized spacial score (nSPS) is 21.6. The van der Waals surface area contributed by atoms with Crippen LogP contribution in [0.1, 0.15) is 213 Å². The lowest BCUT2D eigenvalue weighted by Gasteiger charge is -2.41. The van der Waals surface area contributed by atoms with Gasteiger partial charge < -0.3 is 39.9 Å². The van der Waals surface area contributed by atoms with Crippen molar-refractivity contribution in [2.45, 2.75) is 256 Å². The number of carbonyl (C=O) groups excluding carboxylic acids is 2. The average Bonchev–Trinajstić information content (AvgIpc) is 3.30. The number of aliphatic hydroxyl groups excluding tert-OH is 5. The molecular formula is C52H93O13P. The molecule has 1 aliphatic carbocycles. The van der Waals surface area contributed by atoms with Gasteiger partial charge >= 0.3 is 19.8 Å². The Labute approximate surface area is 399 Å². The number of hydrogen-bond acceptors (Lipinski definition) is 12. The molecule has 13 nitrogen and oxygen atoms in total. The van der Waals surface area contributed by atoms with Crippen LogP contribution in [-0.4, -0.2) is 98.3 Å². The molecule has 0 aromatic rings. The first-order valence-corrected chi connectivity index (χ1v) is 27.4. The van der Waals surface area contributed by atoms with Gasteiger partial charge in [0, 0.05) is 12.8 Å². The van der Waals surface area contributed by atoms with Gasteiger partial charge in [-0.3, -0.25) is 18.6 Å². The molecule has 8 atom stereocenters. The summed E-state index contributed by atoms with van der Waals surface area (Å²) in [5.41, 5.74) is 0. The van der Waals surface area contributed by atoms with Crippen LogP contribution in [0.5, 0.6) is 0 Å². The van der Waals surface area contributed by atoms with Gasteiger partial charge in [0.15, 0.2) is 6.10 Å². The van der Waals surface area contributed by atoms with Gasteiger partial charge in [-0.25, -0.2) is 4.57 Å². The van der Waals surface area contributed by atoms with Crippen molar-refractivity contribution >= 4 is 19.8 Å². The highest BCUT2D eigenvalue weighted by molar-refractivity contribution is 7.47. The number of ether oxygens (including phenoxy) is 2. The molecule has 0 saturated heterocycles. The maximum atomic E-state index is 12.8.